The summed E-state index contributed by atoms with van der Waals surface area (Å²) in [6, 6.07) is 2.92. The molecule has 6 nitrogen and oxygen atoms in total. The number of sulfonamides is 1. The fourth-order valence-electron chi connectivity index (χ4n) is 2.32. The van der Waals surface area contributed by atoms with Crippen LogP contribution in [0.1, 0.15) is 31.4 Å². The Morgan fingerprint density at radius 2 is 2.06 bits per heavy atom. The first-order valence-corrected chi connectivity index (χ1v) is 7.47. The minimum atomic E-state index is -3.78. The van der Waals surface area contributed by atoms with Crippen LogP contribution >= 0.6 is 0 Å². The molecule has 0 aliphatic heterocycles. The zero-order valence-electron chi connectivity index (χ0n) is 10.1. The lowest BCUT2D eigenvalue weighted by atomic mass is 9.99. The molecule has 0 spiro atoms. The highest BCUT2D eigenvalue weighted by molar-refractivity contribution is 7.89. The van der Waals surface area contributed by atoms with Crippen LogP contribution in [0.25, 0.3) is 0 Å². The average molecular weight is 274 g/mol. The molecule has 0 radical (unpaired) electrons. The van der Waals surface area contributed by atoms with E-state index in [1.54, 1.807) is 6.07 Å². The SMILES string of the molecule is NS(=O)(=O)c1ccc(CNC2(CO)CCCC2)o1. The van der Waals surface area contributed by atoms with Gasteiger partial charge in [-0.1, -0.05) is 12.8 Å². The molecule has 0 atom stereocenters. The Hall–Kier alpha value is -0.890. The zero-order chi connectivity index (χ0) is 13.2. The molecule has 0 aromatic carbocycles. The molecular weight excluding hydrogens is 256 g/mol. The summed E-state index contributed by atoms with van der Waals surface area (Å²) >= 11 is 0. The van der Waals surface area contributed by atoms with Crippen LogP contribution in [0.2, 0.25) is 0 Å². The van der Waals surface area contributed by atoms with E-state index in [2.05, 4.69) is 5.32 Å². The molecule has 1 aliphatic rings. The first-order valence-electron chi connectivity index (χ1n) is 5.93. The van der Waals surface area contributed by atoms with Crippen molar-refractivity contribution in [2.75, 3.05) is 6.61 Å². The first kappa shape index (κ1) is 13.5. The van der Waals surface area contributed by atoms with Crippen LogP contribution in [0, 0.1) is 0 Å². The zero-order valence-corrected chi connectivity index (χ0v) is 10.9. The van der Waals surface area contributed by atoms with E-state index < -0.39 is 10.0 Å². The quantitative estimate of drug-likeness (QED) is 0.717. The summed E-state index contributed by atoms with van der Waals surface area (Å²) in [5.74, 6) is 0.499. The summed E-state index contributed by atoms with van der Waals surface area (Å²) in [6.07, 6.45) is 4.03. The van der Waals surface area contributed by atoms with E-state index in [1.165, 1.54) is 6.07 Å². The molecule has 2 rings (SSSR count). The van der Waals surface area contributed by atoms with E-state index in [1.807, 2.05) is 0 Å². The van der Waals surface area contributed by atoms with Gasteiger partial charge >= 0.3 is 0 Å². The predicted molar refractivity (Wildman–Crippen MR) is 65.2 cm³/mol. The maximum Gasteiger partial charge on any atom is 0.271 e. The summed E-state index contributed by atoms with van der Waals surface area (Å²) in [7, 11) is -3.78. The number of primary sulfonamides is 1. The van der Waals surface area contributed by atoms with E-state index in [0.717, 1.165) is 25.7 Å². The minimum Gasteiger partial charge on any atom is -0.447 e. The second kappa shape index (κ2) is 5.00. The molecule has 18 heavy (non-hydrogen) atoms. The van der Waals surface area contributed by atoms with Crippen LogP contribution in [-0.4, -0.2) is 25.7 Å². The van der Waals surface area contributed by atoms with E-state index in [9.17, 15) is 13.5 Å². The largest absolute Gasteiger partial charge is 0.447 e. The Morgan fingerprint density at radius 3 is 2.56 bits per heavy atom. The number of nitrogens with two attached hydrogens (primary N) is 1. The molecule has 7 heteroatoms. The number of hydrogen-bond acceptors (Lipinski definition) is 5. The van der Waals surface area contributed by atoms with Crippen LogP contribution in [0.15, 0.2) is 21.6 Å². The summed E-state index contributed by atoms with van der Waals surface area (Å²) in [6.45, 7) is 0.464. The van der Waals surface area contributed by atoms with Crippen molar-refractivity contribution in [2.24, 2.45) is 5.14 Å². The number of nitrogens with one attached hydrogen (secondary N) is 1. The molecule has 1 fully saturated rings. The van der Waals surface area contributed by atoms with E-state index in [4.69, 9.17) is 9.56 Å². The van der Waals surface area contributed by atoms with Gasteiger partial charge in [-0.15, -0.1) is 0 Å². The maximum atomic E-state index is 11.0. The summed E-state index contributed by atoms with van der Waals surface area (Å²) in [5, 5.41) is 17.4. The van der Waals surface area contributed by atoms with Gasteiger partial charge in [-0.2, -0.15) is 0 Å². The standard InChI is InChI=1S/C11H18N2O4S/c12-18(15,16)10-4-3-9(17-10)7-13-11(8-14)5-1-2-6-11/h3-4,13-14H,1-2,5-8H2,(H2,12,15,16). The van der Waals surface area contributed by atoms with Crippen molar-refractivity contribution in [2.45, 2.75) is 42.9 Å². The minimum absolute atomic E-state index is 0.0791. The Kier molecular flexibility index (Phi) is 3.76. The topological polar surface area (TPSA) is 106 Å². The average Bonchev–Trinajstić information content (AvgIpc) is 2.96. The molecule has 0 amide bonds. The molecule has 102 valence electrons. The molecule has 1 aromatic rings. The fourth-order valence-corrected chi connectivity index (χ4v) is 2.80. The molecular formula is C11H18N2O4S. The van der Waals surface area contributed by atoms with Gasteiger partial charge in [-0.05, 0) is 25.0 Å². The molecule has 0 bridgehead atoms. The normalized spacial score (nSPS) is 19.2. The smallest absolute Gasteiger partial charge is 0.271 e. The monoisotopic (exact) mass is 274 g/mol. The highest BCUT2D eigenvalue weighted by Crippen LogP contribution is 2.29. The molecule has 1 saturated carbocycles. The molecule has 1 heterocycles. The fraction of sp³-hybridized carbons (Fsp3) is 0.636. The Bertz CT molecular complexity index is 503. The van der Waals surface area contributed by atoms with Crippen molar-refractivity contribution in [3.8, 4) is 0 Å². The van der Waals surface area contributed by atoms with Crippen LogP contribution < -0.4 is 10.5 Å². The second-order valence-electron chi connectivity index (χ2n) is 4.76. The van der Waals surface area contributed by atoms with Crippen molar-refractivity contribution in [3.63, 3.8) is 0 Å². The van der Waals surface area contributed by atoms with E-state index in [0.29, 0.717) is 12.3 Å². The first-order chi connectivity index (χ1) is 8.45. The lowest BCUT2D eigenvalue weighted by molar-refractivity contribution is 0.159. The van der Waals surface area contributed by atoms with Gasteiger partial charge in [-0.3, -0.25) is 0 Å². The summed E-state index contributed by atoms with van der Waals surface area (Å²) in [4.78, 5) is 0. The number of aliphatic hydroxyl groups excluding tert-OH is 1. The third-order valence-electron chi connectivity index (χ3n) is 3.42. The maximum absolute atomic E-state index is 11.0. The van der Waals surface area contributed by atoms with Gasteiger partial charge in [0.1, 0.15) is 5.76 Å². The molecule has 0 saturated heterocycles. The van der Waals surface area contributed by atoms with Crippen molar-refractivity contribution < 1.29 is 17.9 Å². The summed E-state index contributed by atoms with van der Waals surface area (Å²) in [5.41, 5.74) is -0.255. The van der Waals surface area contributed by atoms with Gasteiger partial charge in [0.15, 0.2) is 0 Å². The van der Waals surface area contributed by atoms with E-state index in [-0.39, 0.29) is 17.2 Å². The van der Waals surface area contributed by atoms with Crippen molar-refractivity contribution in [1.29, 1.82) is 0 Å². The summed E-state index contributed by atoms with van der Waals surface area (Å²) < 4.78 is 27.2. The van der Waals surface area contributed by atoms with Gasteiger partial charge < -0.3 is 14.8 Å². The van der Waals surface area contributed by atoms with Crippen LogP contribution in [-0.2, 0) is 16.6 Å². The van der Waals surface area contributed by atoms with Crippen molar-refractivity contribution in [3.05, 3.63) is 17.9 Å². The highest BCUT2D eigenvalue weighted by atomic mass is 32.2. The van der Waals surface area contributed by atoms with Crippen molar-refractivity contribution >= 4 is 10.0 Å². The van der Waals surface area contributed by atoms with Gasteiger partial charge in [0.2, 0.25) is 5.09 Å². The van der Waals surface area contributed by atoms with Crippen LogP contribution in [0.5, 0.6) is 0 Å². The highest BCUT2D eigenvalue weighted by Gasteiger charge is 2.32. The van der Waals surface area contributed by atoms with Crippen LogP contribution in [0.3, 0.4) is 0 Å². The lowest BCUT2D eigenvalue weighted by Gasteiger charge is -2.27. The molecule has 1 aromatic heterocycles. The Labute approximate surface area is 106 Å². The number of hydrogen-bond donors (Lipinski definition) is 3. The lowest BCUT2D eigenvalue weighted by Crippen LogP contribution is -2.45. The number of rotatable bonds is 5. The molecule has 4 N–H and O–H groups in total. The third kappa shape index (κ3) is 2.92. The molecule has 0 unspecified atom stereocenters. The van der Waals surface area contributed by atoms with Crippen molar-refractivity contribution in [1.82, 2.24) is 5.32 Å². The van der Waals surface area contributed by atoms with Gasteiger partial charge in [0, 0.05) is 5.54 Å². The third-order valence-corrected chi connectivity index (χ3v) is 4.20. The van der Waals surface area contributed by atoms with Gasteiger partial charge in [-0.25, -0.2) is 13.6 Å². The molecule has 1 aliphatic carbocycles. The van der Waals surface area contributed by atoms with Crippen LogP contribution in [0.4, 0.5) is 0 Å². The predicted octanol–water partition coefficient (Wildman–Crippen LogP) is 0.322. The van der Waals surface area contributed by atoms with E-state index >= 15 is 0 Å². The number of furan rings is 1. The second-order valence-corrected chi connectivity index (χ2v) is 6.26. The van der Waals surface area contributed by atoms with Gasteiger partial charge in [0.25, 0.3) is 10.0 Å². The Balaban J connectivity index is 2.00. The Morgan fingerprint density at radius 1 is 1.39 bits per heavy atom. The number of aliphatic hydroxyl groups is 1. The van der Waals surface area contributed by atoms with Gasteiger partial charge in [0.05, 0.1) is 13.2 Å².